The van der Waals surface area contributed by atoms with Crippen molar-refractivity contribution in [3.8, 4) is 0 Å². The second-order valence-corrected chi connectivity index (χ2v) is 8.79. The minimum Gasteiger partial charge on any atom is -0.380 e. The molecule has 2 aliphatic carbocycles. The van der Waals surface area contributed by atoms with E-state index in [-0.39, 0.29) is 11.5 Å². The Morgan fingerprint density at radius 2 is 2.22 bits per heavy atom. The minimum atomic E-state index is 0.0577. The van der Waals surface area contributed by atoms with E-state index in [0.29, 0.717) is 35.6 Å². The summed E-state index contributed by atoms with van der Waals surface area (Å²) in [6, 6.07) is 1.05. The van der Waals surface area contributed by atoms with E-state index >= 15 is 0 Å². The van der Waals surface area contributed by atoms with Crippen LogP contribution in [0.2, 0.25) is 0 Å². The Bertz CT molecular complexity index is 638. The van der Waals surface area contributed by atoms with Crippen LogP contribution in [0.3, 0.4) is 0 Å². The van der Waals surface area contributed by atoms with E-state index in [9.17, 15) is 4.79 Å². The van der Waals surface area contributed by atoms with Crippen LogP contribution in [0.5, 0.6) is 0 Å². The Labute approximate surface area is 138 Å². The van der Waals surface area contributed by atoms with E-state index in [2.05, 4.69) is 24.5 Å². The molecule has 4 bridgehead atoms. The third-order valence-electron chi connectivity index (χ3n) is 7.95. The van der Waals surface area contributed by atoms with Gasteiger partial charge in [-0.2, -0.15) is 0 Å². The van der Waals surface area contributed by atoms with Crippen molar-refractivity contribution in [1.29, 1.82) is 0 Å². The van der Waals surface area contributed by atoms with Crippen molar-refractivity contribution in [2.24, 2.45) is 16.7 Å². The number of ketones is 1. The van der Waals surface area contributed by atoms with Crippen molar-refractivity contribution in [3.05, 3.63) is 23.8 Å². The monoisotopic (exact) mass is 313 g/mol. The molecule has 0 spiro atoms. The standard InChI is InChI=1S/C20H27NO2/c1-4-20-16(23-3)7-8-19(2)11-21-15(17(19)20)10-12-9-13(22)5-6-14(12)18(20)21/h4,15-18H,1,5-11H2,2-3H3/t15-,16?,17?,18-,19?,20?/m1/s1. The van der Waals surface area contributed by atoms with Crippen LogP contribution in [0.25, 0.3) is 0 Å². The zero-order valence-electron chi connectivity index (χ0n) is 14.3. The summed E-state index contributed by atoms with van der Waals surface area (Å²) in [6.45, 7) is 8.03. The van der Waals surface area contributed by atoms with Gasteiger partial charge in [-0.1, -0.05) is 24.1 Å². The van der Waals surface area contributed by atoms with Gasteiger partial charge in [0.25, 0.3) is 0 Å². The maximum atomic E-state index is 12.0. The Kier molecular flexibility index (Phi) is 2.74. The Hall–Kier alpha value is -0.930. The first-order valence-electron chi connectivity index (χ1n) is 9.20. The summed E-state index contributed by atoms with van der Waals surface area (Å²) in [5.41, 5.74) is 3.50. The Morgan fingerprint density at radius 1 is 1.39 bits per heavy atom. The molecule has 5 rings (SSSR count). The van der Waals surface area contributed by atoms with Crippen LogP contribution >= 0.6 is 0 Å². The number of fused-ring (bicyclic) bond motifs is 2. The van der Waals surface area contributed by atoms with Gasteiger partial charge in [0.15, 0.2) is 0 Å². The number of nitrogens with zero attached hydrogens (tertiary/aromatic N) is 1. The molecule has 3 fully saturated rings. The summed E-state index contributed by atoms with van der Waals surface area (Å²) in [6.07, 6.45) is 8.47. The molecule has 3 nitrogen and oxygen atoms in total. The van der Waals surface area contributed by atoms with Gasteiger partial charge < -0.3 is 4.74 Å². The molecule has 0 aromatic carbocycles. The van der Waals surface area contributed by atoms with Crippen LogP contribution in [-0.2, 0) is 9.53 Å². The van der Waals surface area contributed by atoms with Crippen molar-refractivity contribution in [3.63, 3.8) is 0 Å². The summed E-state index contributed by atoms with van der Waals surface area (Å²) in [4.78, 5) is 14.8. The number of piperidine rings is 1. The topological polar surface area (TPSA) is 29.5 Å². The molecule has 2 saturated heterocycles. The summed E-state index contributed by atoms with van der Waals surface area (Å²) in [5.74, 6) is 1.08. The van der Waals surface area contributed by atoms with Gasteiger partial charge in [0.1, 0.15) is 5.78 Å². The fraction of sp³-hybridized carbons (Fsp3) is 0.750. The van der Waals surface area contributed by atoms with E-state index in [4.69, 9.17) is 4.74 Å². The number of rotatable bonds is 2. The molecule has 0 radical (unpaired) electrons. The van der Waals surface area contributed by atoms with Crippen LogP contribution in [0.4, 0.5) is 0 Å². The van der Waals surface area contributed by atoms with Crippen LogP contribution in [0.15, 0.2) is 23.8 Å². The molecule has 0 aromatic heterocycles. The molecule has 124 valence electrons. The van der Waals surface area contributed by atoms with E-state index in [1.54, 1.807) is 5.57 Å². The summed E-state index contributed by atoms with van der Waals surface area (Å²) in [5, 5.41) is 0. The molecule has 3 heterocycles. The van der Waals surface area contributed by atoms with Crippen LogP contribution in [0, 0.1) is 16.7 Å². The molecule has 5 unspecified atom stereocenters. The predicted octanol–water partition coefficient (Wildman–Crippen LogP) is 3.11. The van der Waals surface area contributed by atoms with Crippen molar-refractivity contribution in [1.82, 2.24) is 4.90 Å². The summed E-state index contributed by atoms with van der Waals surface area (Å²) < 4.78 is 6.03. The van der Waals surface area contributed by atoms with Crippen LogP contribution in [-0.4, -0.2) is 42.5 Å². The molecular weight excluding hydrogens is 286 g/mol. The highest BCUT2D eigenvalue weighted by molar-refractivity contribution is 5.83. The van der Waals surface area contributed by atoms with Crippen molar-refractivity contribution in [2.45, 2.75) is 63.6 Å². The summed E-state index contributed by atoms with van der Waals surface area (Å²) in [7, 11) is 1.88. The maximum absolute atomic E-state index is 12.0. The van der Waals surface area contributed by atoms with E-state index < -0.39 is 0 Å². The molecule has 7 atom stereocenters. The van der Waals surface area contributed by atoms with Crippen LogP contribution in [0.1, 0.15) is 45.4 Å². The highest BCUT2D eigenvalue weighted by Crippen LogP contribution is 2.71. The largest absolute Gasteiger partial charge is 0.380 e. The lowest BCUT2D eigenvalue weighted by molar-refractivity contribution is -0.119. The van der Waals surface area contributed by atoms with Crippen molar-refractivity contribution in [2.75, 3.05) is 13.7 Å². The smallest absolute Gasteiger partial charge is 0.137 e. The number of carbonyl (C=O) groups excluding carboxylic acids is 1. The lowest BCUT2D eigenvalue weighted by Gasteiger charge is -2.58. The van der Waals surface area contributed by atoms with Crippen molar-refractivity contribution < 1.29 is 9.53 Å². The lowest BCUT2D eigenvalue weighted by Crippen LogP contribution is -2.61. The van der Waals surface area contributed by atoms with Gasteiger partial charge in [-0.3, -0.25) is 9.69 Å². The van der Waals surface area contributed by atoms with Gasteiger partial charge in [0, 0.05) is 44.0 Å². The number of carbonyl (C=O) groups is 1. The normalized spacial score (nSPS) is 53.5. The number of hydrogen-bond donors (Lipinski definition) is 0. The van der Waals surface area contributed by atoms with Gasteiger partial charge >= 0.3 is 0 Å². The fourth-order valence-electron chi connectivity index (χ4n) is 7.39. The zero-order chi connectivity index (χ0) is 16.0. The minimum absolute atomic E-state index is 0.0577. The zero-order valence-corrected chi connectivity index (χ0v) is 14.3. The first-order chi connectivity index (χ1) is 11.0. The second-order valence-electron chi connectivity index (χ2n) is 8.79. The number of hydrogen-bond acceptors (Lipinski definition) is 3. The molecule has 23 heavy (non-hydrogen) atoms. The van der Waals surface area contributed by atoms with E-state index in [1.165, 1.54) is 18.5 Å². The highest BCUT2D eigenvalue weighted by atomic mass is 16.5. The first-order valence-corrected chi connectivity index (χ1v) is 9.20. The predicted molar refractivity (Wildman–Crippen MR) is 89.0 cm³/mol. The highest BCUT2D eigenvalue weighted by Gasteiger charge is 2.74. The first kappa shape index (κ1) is 14.4. The summed E-state index contributed by atoms with van der Waals surface area (Å²) >= 11 is 0. The quantitative estimate of drug-likeness (QED) is 0.734. The molecule has 0 N–H and O–H groups in total. The molecular formula is C20H27NO2. The average Bonchev–Trinajstić information content (AvgIpc) is 2.92. The van der Waals surface area contributed by atoms with Gasteiger partial charge in [-0.25, -0.2) is 0 Å². The van der Waals surface area contributed by atoms with Crippen molar-refractivity contribution >= 4 is 5.78 Å². The van der Waals surface area contributed by atoms with Gasteiger partial charge in [0.2, 0.25) is 0 Å². The van der Waals surface area contributed by atoms with E-state index in [0.717, 1.165) is 25.7 Å². The molecule has 5 aliphatic rings. The molecule has 3 heteroatoms. The van der Waals surface area contributed by atoms with Gasteiger partial charge in [-0.05, 0) is 37.0 Å². The maximum Gasteiger partial charge on any atom is 0.137 e. The third-order valence-corrected chi connectivity index (χ3v) is 7.95. The average molecular weight is 313 g/mol. The van der Waals surface area contributed by atoms with Gasteiger partial charge in [0.05, 0.1) is 6.10 Å². The lowest BCUT2D eigenvalue weighted by atomic mass is 9.51. The Balaban J connectivity index is 1.70. The SMILES string of the molecule is C=CC12C(OC)CCC3(C)CN4[C@H](CC5=C(CCC(=O)C5)[C@@H]41)C32. The Morgan fingerprint density at radius 3 is 2.96 bits per heavy atom. The van der Waals surface area contributed by atoms with Gasteiger partial charge in [-0.15, -0.1) is 6.58 Å². The van der Waals surface area contributed by atoms with Crippen LogP contribution < -0.4 is 0 Å². The van der Waals surface area contributed by atoms with E-state index in [1.807, 2.05) is 7.11 Å². The molecule has 0 aromatic rings. The number of Topliss-reactive ketones (excluding diaryl/α,β-unsaturated/α-hetero) is 1. The second kappa shape index (κ2) is 4.37. The molecule has 3 aliphatic heterocycles. The number of methoxy groups -OCH3 is 1. The molecule has 1 saturated carbocycles. The number of ether oxygens (including phenoxy) is 1. The molecule has 0 amide bonds. The third kappa shape index (κ3) is 1.48. The fourth-order valence-corrected chi connectivity index (χ4v) is 7.39.